The Bertz CT molecular complexity index is 6530. The first kappa shape index (κ1) is 73.8. The number of hydrogen-bond donors (Lipinski definition) is 1. The molecule has 18 aromatic rings. The Balaban J connectivity index is 0.000000140. The van der Waals surface area contributed by atoms with Crippen molar-refractivity contribution in [3.8, 4) is 78.1 Å². The molecule has 16 aromatic carbocycles. The molecule has 0 saturated heterocycles. The van der Waals surface area contributed by atoms with Crippen molar-refractivity contribution in [1.29, 1.82) is 0 Å². The number of aromatic nitrogens is 2. The Morgan fingerprint density at radius 3 is 1.10 bits per heavy atom. The molecule has 2 aliphatic rings. The fraction of sp³-hybridized carbons (Fsp3) is 0.0741. The predicted molar refractivity (Wildman–Crippen MR) is 491 cm³/mol. The molecule has 548 valence electrons. The van der Waals surface area contributed by atoms with Crippen LogP contribution in [0.15, 0.2) is 394 Å². The number of nitrogens with zero attached hydrogens (tertiary/aromatic N) is 3. The van der Waals surface area contributed by atoms with E-state index in [0.29, 0.717) is 0 Å². The number of rotatable bonds is 13. The summed E-state index contributed by atoms with van der Waals surface area (Å²) in [6.07, 6.45) is 3.77. The summed E-state index contributed by atoms with van der Waals surface area (Å²) in [5.41, 5.74) is 35.5. The van der Waals surface area contributed by atoms with E-state index in [4.69, 9.17) is 0 Å². The van der Waals surface area contributed by atoms with Crippen molar-refractivity contribution >= 4 is 100 Å². The fourth-order valence-corrected chi connectivity index (χ4v) is 17.2. The van der Waals surface area contributed by atoms with Gasteiger partial charge in [-0.15, -0.1) is 0 Å². The Morgan fingerprint density at radius 2 is 0.611 bits per heavy atom. The molecule has 2 aliphatic carbocycles. The summed E-state index contributed by atoms with van der Waals surface area (Å²) < 4.78 is 5.82. The van der Waals surface area contributed by atoms with E-state index in [-0.39, 0.29) is 25.7 Å². The van der Waals surface area contributed by atoms with Crippen LogP contribution >= 0.6 is 15.9 Å². The van der Waals surface area contributed by atoms with Gasteiger partial charge in [0.15, 0.2) is 0 Å². The summed E-state index contributed by atoms with van der Waals surface area (Å²) >= 11 is 3.64. The van der Waals surface area contributed by atoms with Crippen LogP contribution in [0.1, 0.15) is 75.9 Å². The highest BCUT2D eigenvalue weighted by Crippen LogP contribution is 2.53. The summed E-state index contributed by atoms with van der Waals surface area (Å²) in [6, 6.07) is 136. The molecule has 113 heavy (non-hydrogen) atoms. The highest BCUT2D eigenvalue weighted by Gasteiger charge is 2.37. The topological polar surface area (TPSA) is 25.1 Å². The van der Waals surface area contributed by atoms with Crippen LogP contribution in [0, 0.1) is 0 Å². The number of hydrogen-bond acceptors (Lipinski definition) is 2. The zero-order valence-corrected chi connectivity index (χ0v) is 64.2. The number of para-hydroxylation sites is 2. The quantitative estimate of drug-likeness (QED) is 0.124. The third-order valence-electron chi connectivity index (χ3n) is 22.6. The van der Waals surface area contributed by atoms with Crippen LogP contribution in [0.25, 0.3) is 134 Å². The molecule has 0 saturated carbocycles. The third-order valence-corrected chi connectivity index (χ3v) is 23.1. The van der Waals surface area contributed by atoms with Crippen molar-refractivity contribution in [2.24, 2.45) is 0 Å². The van der Waals surface area contributed by atoms with E-state index in [2.05, 4.69) is 446 Å². The lowest BCUT2D eigenvalue weighted by atomic mass is 9.82. The summed E-state index contributed by atoms with van der Waals surface area (Å²) in [6.45, 7) is 17.1. The number of halogens is 1. The van der Waals surface area contributed by atoms with Gasteiger partial charge in [0.05, 0.1) is 22.1 Å². The average Bonchev–Trinajstić information content (AvgIpc) is 1.59. The maximum atomic E-state index is 3.95. The molecule has 0 bridgehead atoms. The lowest BCUT2D eigenvalue weighted by molar-refractivity contribution is 0.660. The molecule has 0 atom stereocenters. The summed E-state index contributed by atoms with van der Waals surface area (Å²) in [4.78, 5) is 2.43. The molecule has 0 spiro atoms. The predicted octanol–water partition coefficient (Wildman–Crippen LogP) is 31.1. The first-order valence-electron chi connectivity index (χ1n) is 38.1. The number of anilines is 5. The summed E-state index contributed by atoms with van der Waals surface area (Å²) in [5.74, 6) is 0. The van der Waals surface area contributed by atoms with Gasteiger partial charge in [0.2, 0.25) is 0 Å². The number of benzene rings is 16. The Kier molecular flexibility index (Phi) is 20.2. The van der Waals surface area contributed by atoms with Crippen LogP contribution in [0.5, 0.6) is 0 Å². The molecule has 0 fully saturated rings. The fourth-order valence-electron chi connectivity index (χ4n) is 16.9. The van der Waals surface area contributed by atoms with Crippen LogP contribution in [0.2, 0.25) is 0 Å². The standard InChI is InChI=1S/C53H40N2.C27H23N.C26H18BrN.2CH4/c1-4-36-19-21-39(22-20-36)40-25-31-51-47(33-40)48-34-43(29-32-52(48)55(51)41-15-9-6-10-16-41)54(42-26-23-38(24-27-42)37-13-7-5-8-14-37)44-28-30-46-45-17-11-12-18-49(45)53(2,3)50(46)35-44;1-27(2)25-11-7-6-10-23(25)24-17-16-22(18-26(24)27)28-21-14-12-20(13-15-21)19-8-4-3-5-9-19;1-2-18-8-10-19(11-9-18)20-12-14-25-23(16-20)24-17-21(27)13-15-26(24)28(25)22-6-4-3-5-7-22;;/h4-35H,1H2,2-3H3;3-18,28H,1-2H3;2-17H,1H2;2*1H4. The normalized spacial score (nSPS) is 12.4. The first-order valence-corrected chi connectivity index (χ1v) is 38.9. The minimum absolute atomic E-state index is 0. The van der Waals surface area contributed by atoms with E-state index < -0.39 is 0 Å². The van der Waals surface area contributed by atoms with Gasteiger partial charge in [-0.05, 0) is 234 Å². The Hall–Kier alpha value is -13.3. The molecule has 2 aromatic heterocycles. The second-order valence-corrected chi connectivity index (χ2v) is 30.9. The zero-order chi connectivity index (χ0) is 75.3. The Morgan fingerprint density at radius 1 is 0.283 bits per heavy atom. The van der Waals surface area contributed by atoms with Crippen molar-refractivity contribution in [2.75, 3.05) is 10.2 Å². The number of fused-ring (bicyclic) bond motifs is 12. The monoisotopic (exact) mass is 1520 g/mol. The zero-order valence-electron chi connectivity index (χ0n) is 62.6. The molecular formula is C108H89BrN4. The lowest BCUT2D eigenvalue weighted by Crippen LogP contribution is -2.16. The van der Waals surface area contributed by atoms with E-state index in [1.807, 2.05) is 18.2 Å². The van der Waals surface area contributed by atoms with Crippen molar-refractivity contribution in [2.45, 2.75) is 53.4 Å². The minimum Gasteiger partial charge on any atom is -0.356 e. The van der Waals surface area contributed by atoms with Gasteiger partial charge in [0.25, 0.3) is 0 Å². The largest absolute Gasteiger partial charge is 0.356 e. The van der Waals surface area contributed by atoms with Gasteiger partial charge in [-0.3, -0.25) is 0 Å². The van der Waals surface area contributed by atoms with Crippen LogP contribution in [-0.2, 0) is 10.8 Å². The van der Waals surface area contributed by atoms with Crippen molar-refractivity contribution in [3.05, 3.63) is 427 Å². The number of nitrogens with one attached hydrogen (secondary N) is 1. The maximum Gasteiger partial charge on any atom is 0.0542 e. The molecule has 0 radical (unpaired) electrons. The van der Waals surface area contributed by atoms with E-state index in [1.165, 1.54) is 138 Å². The second kappa shape index (κ2) is 30.9. The molecule has 2 heterocycles. The minimum atomic E-state index is -0.113. The molecular weight excluding hydrogens is 1430 g/mol. The molecule has 4 nitrogen and oxygen atoms in total. The SMILES string of the molecule is C.C.C=Cc1ccc(-c2ccc3c(c2)c2cc(Br)ccc2n3-c2ccccc2)cc1.C=Cc1ccc(-c2ccc3c(c2)c2cc(N(c4ccc(-c5ccccc5)cc4)c4ccc5c(c4)C(C)(C)c4ccccc4-5)ccc2n3-c2ccccc2)cc1.CC1(C)c2ccccc2-c2ccc(Nc3ccc(-c4ccccc4)cc3)cc21. The molecule has 0 amide bonds. The summed E-state index contributed by atoms with van der Waals surface area (Å²) in [5, 5.41) is 8.51. The van der Waals surface area contributed by atoms with E-state index >= 15 is 0 Å². The highest BCUT2D eigenvalue weighted by atomic mass is 79.9. The maximum absolute atomic E-state index is 3.95. The Labute approximate surface area is 673 Å². The van der Waals surface area contributed by atoms with Gasteiger partial charge in [-0.25, -0.2) is 0 Å². The van der Waals surface area contributed by atoms with Gasteiger partial charge < -0.3 is 19.4 Å². The van der Waals surface area contributed by atoms with Gasteiger partial charge >= 0.3 is 0 Å². The van der Waals surface area contributed by atoms with Crippen LogP contribution in [0.3, 0.4) is 0 Å². The van der Waals surface area contributed by atoms with Crippen molar-refractivity contribution < 1.29 is 0 Å². The highest BCUT2D eigenvalue weighted by molar-refractivity contribution is 9.10. The second-order valence-electron chi connectivity index (χ2n) is 30.0. The van der Waals surface area contributed by atoms with Gasteiger partial charge in [-0.1, -0.05) is 326 Å². The van der Waals surface area contributed by atoms with Gasteiger partial charge in [0, 0.05) is 76.7 Å². The van der Waals surface area contributed by atoms with E-state index in [9.17, 15) is 0 Å². The van der Waals surface area contributed by atoms with Crippen molar-refractivity contribution in [1.82, 2.24) is 9.13 Å². The van der Waals surface area contributed by atoms with Crippen molar-refractivity contribution in [3.63, 3.8) is 0 Å². The van der Waals surface area contributed by atoms with Crippen LogP contribution < -0.4 is 10.2 Å². The van der Waals surface area contributed by atoms with E-state index in [0.717, 1.165) is 49.7 Å². The van der Waals surface area contributed by atoms with Gasteiger partial charge in [0.1, 0.15) is 0 Å². The smallest absolute Gasteiger partial charge is 0.0542 e. The molecule has 0 aliphatic heterocycles. The van der Waals surface area contributed by atoms with Crippen LogP contribution in [-0.4, -0.2) is 9.13 Å². The van der Waals surface area contributed by atoms with E-state index in [1.54, 1.807) is 0 Å². The average molecular weight is 1520 g/mol. The third kappa shape index (κ3) is 13.8. The van der Waals surface area contributed by atoms with Crippen LogP contribution in [0.4, 0.5) is 28.4 Å². The van der Waals surface area contributed by atoms with Gasteiger partial charge in [-0.2, -0.15) is 0 Å². The molecule has 1 N–H and O–H groups in total. The molecule has 20 rings (SSSR count). The first-order chi connectivity index (χ1) is 54.3. The summed E-state index contributed by atoms with van der Waals surface area (Å²) in [7, 11) is 0. The molecule has 5 heteroatoms. The molecule has 0 unspecified atom stereocenters. The lowest BCUT2D eigenvalue weighted by Gasteiger charge is -2.28.